The van der Waals surface area contributed by atoms with Crippen molar-refractivity contribution in [2.24, 2.45) is 0 Å². The van der Waals surface area contributed by atoms with E-state index >= 15 is 0 Å². The normalized spacial score (nSPS) is 20.6. The van der Waals surface area contributed by atoms with E-state index in [9.17, 15) is 9.59 Å². The number of esters is 1. The molecule has 0 aliphatic carbocycles. The molecule has 1 amide bonds. The lowest BCUT2D eigenvalue weighted by Gasteiger charge is -2.33. The third kappa shape index (κ3) is 3.18. The van der Waals surface area contributed by atoms with Crippen molar-refractivity contribution in [3.8, 4) is 0 Å². The molecule has 1 aliphatic heterocycles. The molecule has 0 aromatic carbocycles. The Morgan fingerprint density at radius 1 is 1.50 bits per heavy atom. The number of methoxy groups -OCH3 is 1. The van der Waals surface area contributed by atoms with E-state index in [1.807, 2.05) is 6.92 Å². The Balaban J connectivity index is 2.59. The molecule has 6 nitrogen and oxygen atoms in total. The van der Waals surface area contributed by atoms with Crippen LogP contribution in [-0.4, -0.2) is 62.9 Å². The zero-order chi connectivity index (χ0) is 12.0. The second-order valence-corrected chi connectivity index (χ2v) is 3.34. The van der Waals surface area contributed by atoms with Crippen LogP contribution in [0.4, 0.5) is 0 Å². The molecule has 92 valence electrons. The minimum Gasteiger partial charge on any atom is -0.467 e. The van der Waals surface area contributed by atoms with Crippen molar-refractivity contribution in [3.63, 3.8) is 0 Å². The second-order valence-electron chi connectivity index (χ2n) is 3.34. The van der Waals surface area contributed by atoms with E-state index in [0.29, 0.717) is 19.8 Å². The Kier molecular flexibility index (Phi) is 5.21. The largest absolute Gasteiger partial charge is 0.467 e. The molecule has 1 saturated heterocycles. The first-order chi connectivity index (χ1) is 7.70. The van der Waals surface area contributed by atoms with Crippen molar-refractivity contribution in [2.75, 3.05) is 40.1 Å². The molecule has 1 fully saturated rings. The fourth-order valence-electron chi connectivity index (χ4n) is 1.51. The highest BCUT2D eigenvalue weighted by Gasteiger charge is 2.33. The number of amides is 1. The molecule has 0 bridgehead atoms. The van der Waals surface area contributed by atoms with Crippen LogP contribution in [-0.2, 0) is 23.8 Å². The minimum atomic E-state index is -0.647. The van der Waals surface area contributed by atoms with Gasteiger partial charge in [0.2, 0.25) is 5.91 Å². The van der Waals surface area contributed by atoms with Gasteiger partial charge in [0.1, 0.15) is 6.61 Å². The van der Waals surface area contributed by atoms with Crippen molar-refractivity contribution >= 4 is 11.9 Å². The molecule has 1 atom stereocenters. The van der Waals surface area contributed by atoms with Crippen LogP contribution in [0.5, 0.6) is 0 Å². The molecule has 1 aliphatic rings. The van der Waals surface area contributed by atoms with Gasteiger partial charge in [-0.2, -0.15) is 0 Å². The van der Waals surface area contributed by atoms with E-state index in [1.54, 1.807) is 0 Å². The van der Waals surface area contributed by atoms with Gasteiger partial charge < -0.3 is 19.1 Å². The van der Waals surface area contributed by atoms with Crippen LogP contribution in [0, 0.1) is 0 Å². The van der Waals surface area contributed by atoms with Gasteiger partial charge in [0.15, 0.2) is 6.04 Å². The van der Waals surface area contributed by atoms with Gasteiger partial charge in [0, 0.05) is 13.2 Å². The third-order valence-corrected chi connectivity index (χ3v) is 2.35. The van der Waals surface area contributed by atoms with Crippen molar-refractivity contribution < 1.29 is 23.8 Å². The van der Waals surface area contributed by atoms with Crippen LogP contribution in [0.2, 0.25) is 0 Å². The molecule has 0 aromatic rings. The molecular weight excluding hydrogens is 214 g/mol. The molecule has 6 heteroatoms. The third-order valence-electron chi connectivity index (χ3n) is 2.35. The summed E-state index contributed by atoms with van der Waals surface area (Å²) in [5.74, 6) is -0.662. The van der Waals surface area contributed by atoms with E-state index in [2.05, 4.69) is 4.74 Å². The van der Waals surface area contributed by atoms with Gasteiger partial charge in [-0.1, -0.05) is 0 Å². The molecule has 1 unspecified atom stereocenters. The first-order valence-corrected chi connectivity index (χ1v) is 5.23. The van der Waals surface area contributed by atoms with E-state index in [1.165, 1.54) is 12.0 Å². The Bertz CT molecular complexity index is 256. The summed E-state index contributed by atoms with van der Waals surface area (Å²) >= 11 is 0. The van der Waals surface area contributed by atoms with E-state index in [-0.39, 0.29) is 19.1 Å². The van der Waals surface area contributed by atoms with Crippen molar-refractivity contribution in [2.45, 2.75) is 13.0 Å². The number of hydrogen-bond acceptors (Lipinski definition) is 5. The topological polar surface area (TPSA) is 65.1 Å². The van der Waals surface area contributed by atoms with Gasteiger partial charge >= 0.3 is 5.97 Å². The summed E-state index contributed by atoms with van der Waals surface area (Å²) in [6.45, 7) is 3.29. The van der Waals surface area contributed by atoms with Crippen molar-refractivity contribution in [3.05, 3.63) is 0 Å². The molecule has 16 heavy (non-hydrogen) atoms. The maximum atomic E-state index is 11.7. The molecule has 0 aromatic heterocycles. The summed E-state index contributed by atoms with van der Waals surface area (Å²) in [7, 11) is 1.29. The smallest absolute Gasteiger partial charge is 0.331 e. The van der Waals surface area contributed by atoms with Crippen LogP contribution >= 0.6 is 0 Å². The fraction of sp³-hybridized carbons (Fsp3) is 0.800. The van der Waals surface area contributed by atoms with E-state index < -0.39 is 12.0 Å². The quantitative estimate of drug-likeness (QED) is 0.606. The maximum Gasteiger partial charge on any atom is 0.331 e. The molecule has 0 saturated carbocycles. The molecule has 0 spiro atoms. The predicted molar refractivity (Wildman–Crippen MR) is 54.8 cm³/mol. The number of rotatable bonds is 4. The van der Waals surface area contributed by atoms with E-state index in [4.69, 9.17) is 9.47 Å². The Labute approximate surface area is 94.4 Å². The molecular formula is C10H17NO5. The van der Waals surface area contributed by atoms with Gasteiger partial charge in [-0.3, -0.25) is 4.79 Å². The average Bonchev–Trinajstić information content (AvgIpc) is 2.35. The SMILES string of the molecule is CCOCC(=O)N1CCOCC1C(=O)OC. The van der Waals surface area contributed by atoms with Gasteiger partial charge in [-0.05, 0) is 6.92 Å². The maximum absolute atomic E-state index is 11.7. The standard InChI is InChI=1S/C10H17NO5/c1-3-15-7-9(12)11-4-5-16-6-8(11)10(13)14-2/h8H,3-7H2,1-2H3. The predicted octanol–water partition coefficient (Wildman–Crippen LogP) is -0.577. The van der Waals surface area contributed by atoms with Gasteiger partial charge in [0.05, 0.1) is 20.3 Å². The van der Waals surface area contributed by atoms with E-state index in [0.717, 1.165) is 0 Å². The number of ether oxygens (including phenoxy) is 3. The average molecular weight is 231 g/mol. The Hall–Kier alpha value is -1.14. The van der Waals surface area contributed by atoms with Crippen LogP contribution in [0.15, 0.2) is 0 Å². The minimum absolute atomic E-state index is 0.00993. The lowest BCUT2D eigenvalue weighted by molar-refractivity contribution is -0.162. The summed E-state index contributed by atoms with van der Waals surface area (Å²) in [4.78, 5) is 24.6. The summed E-state index contributed by atoms with van der Waals surface area (Å²) in [6.07, 6.45) is 0. The van der Waals surface area contributed by atoms with Crippen molar-refractivity contribution in [1.29, 1.82) is 0 Å². The fourth-order valence-corrected chi connectivity index (χ4v) is 1.51. The number of hydrogen-bond donors (Lipinski definition) is 0. The summed E-state index contributed by atoms with van der Waals surface area (Å²) in [6, 6.07) is -0.647. The number of carbonyl (C=O) groups is 2. The highest BCUT2D eigenvalue weighted by Crippen LogP contribution is 2.09. The molecule has 1 rings (SSSR count). The number of morpholine rings is 1. The first kappa shape index (κ1) is 12.9. The summed E-state index contributed by atoms with van der Waals surface area (Å²) in [5.41, 5.74) is 0. The molecule has 0 radical (unpaired) electrons. The summed E-state index contributed by atoms with van der Waals surface area (Å²) in [5, 5.41) is 0. The van der Waals surface area contributed by atoms with Crippen LogP contribution in [0.3, 0.4) is 0 Å². The highest BCUT2D eigenvalue weighted by molar-refractivity contribution is 5.85. The van der Waals surface area contributed by atoms with Gasteiger partial charge in [-0.25, -0.2) is 4.79 Å². The van der Waals surface area contributed by atoms with Gasteiger partial charge in [0.25, 0.3) is 0 Å². The lowest BCUT2D eigenvalue weighted by Crippen LogP contribution is -2.54. The lowest BCUT2D eigenvalue weighted by atomic mass is 10.2. The summed E-state index contributed by atoms with van der Waals surface area (Å²) < 4.78 is 14.8. The number of carbonyl (C=O) groups excluding carboxylic acids is 2. The Morgan fingerprint density at radius 2 is 2.25 bits per heavy atom. The first-order valence-electron chi connectivity index (χ1n) is 5.23. The molecule has 0 N–H and O–H groups in total. The zero-order valence-corrected chi connectivity index (χ0v) is 9.60. The van der Waals surface area contributed by atoms with Crippen LogP contribution in [0.1, 0.15) is 6.92 Å². The highest BCUT2D eigenvalue weighted by atomic mass is 16.5. The van der Waals surface area contributed by atoms with Gasteiger partial charge in [-0.15, -0.1) is 0 Å². The van der Waals surface area contributed by atoms with Crippen LogP contribution in [0.25, 0.3) is 0 Å². The zero-order valence-electron chi connectivity index (χ0n) is 9.60. The van der Waals surface area contributed by atoms with Crippen LogP contribution < -0.4 is 0 Å². The molecule has 1 heterocycles. The second kappa shape index (κ2) is 6.44. The monoisotopic (exact) mass is 231 g/mol. The number of nitrogens with zero attached hydrogens (tertiary/aromatic N) is 1. The van der Waals surface area contributed by atoms with Crippen molar-refractivity contribution in [1.82, 2.24) is 4.90 Å². The Morgan fingerprint density at radius 3 is 2.88 bits per heavy atom.